The van der Waals surface area contributed by atoms with Crippen LogP contribution in [0.2, 0.25) is 0 Å². The summed E-state index contributed by atoms with van der Waals surface area (Å²) in [5.74, 6) is 0. The van der Waals surface area contributed by atoms with E-state index in [1.165, 1.54) is 0 Å². The van der Waals surface area contributed by atoms with Gasteiger partial charge in [-0.2, -0.15) is 0 Å². The summed E-state index contributed by atoms with van der Waals surface area (Å²) in [6.07, 6.45) is 0.149. The Balaban J connectivity index is 2.29. The molecule has 0 radical (unpaired) electrons. The number of amides is 1. The number of aryl methyl sites for hydroxylation is 1. The van der Waals surface area contributed by atoms with Gasteiger partial charge in [0, 0.05) is 24.2 Å². The van der Waals surface area contributed by atoms with Gasteiger partial charge in [-0.05, 0) is 33.3 Å². The number of carbonyl (C=O) groups is 1. The number of hydrogen-bond acceptors (Lipinski definition) is 4. The van der Waals surface area contributed by atoms with Gasteiger partial charge in [-0.3, -0.25) is 0 Å². The van der Waals surface area contributed by atoms with Crippen LogP contribution in [-0.2, 0) is 4.74 Å². The fraction of sp³-hybridized carbons (Fsp3) is 0.389. The minimum Gasteiger partial charge on any atom is -0.444 e. The average molecular weight is 317 g/mol. The molecular weight excluding hydrogens is 290 g/mol. The molecule has 0 fully saturated rings. The number of rotatable bonds is 7. The van der Waals surface area contributed by atoms with Crippen molar-refractivity contribution in [1.29, 1.82) is 0 Å². The summed E-state index contributed by atoms with van der Waals surface area (Å²) in [4.78, 5) is 11.5. The molecule has 0 aliphatic carbocycles. The third kappa shape index (κ3) is 7.40. The number of hydrogen-bond donors (Lipinski definition) is 3. The second-order valence-corrected chi connectivity index (χ2v) is 6.33. The SMILES string of the molecule is C=C(CCNC(=O)OC(C)(C)C)NNC(=C)c1ccccc1C. The monoisotopic (exact) mass is 317 g/mol. The van der Waals surface area contributed by atoms with E-state index in [0.717, 1.165) is 22.5 Å². The lowest BCUT2D eigenvalue weighted by molar-refractivity contribution is 0.0528. The summed E-state index contributed by atoms with van der Waals surface area (Å²) < 4.78 is 5.16. The minimum atomic E-state index is -0.494. The van der Waals surface area contributed by atoms with Crippen molar-refractivity contribution >= 4 is 11.8 Å². The molecule has 1 amide bonds. The predicted octanol–water partition coefficient (Wildman–Crippen LogP) is 3.49. The highest BCUT2D eigenvalue weighted by atomic mass is 16.6. The predicted molar refractivity (Wildman–Crippen MR) is 94.5 cm³/mol. The smallest absolute Gasteiger partial charge is 0.407 e. The van der Waals surface area contributed by atoms with Crippen LogP contribution in [0.5, 0.6) is 0 Å². The first-order chi connectivity index (χ1) is 10.7. The Morgan fingerprint density at radius 3 is 2.43 bits per heavy atom. The molecule has 3 N–H and O–H groups in total. The molecule has 1 aromatic rings. The molecule has 23 heavy (non-hydrogen) atoms. The van der Waals surface area contributed by atoms with Crippen LogP contribution < -0.4 is 16.2 Å². The number of benzene rings is 1. The van der Waals surface area contributed by atoms with Crippen LogP contribution >= 0.6 is 0 Å². The molecule has 0 unspecified atom stereocenters. The zero-order chi connectivity index (χ0) is 17.5. The molecule has 0 aromatic heterocycles. The van der Waals surface area contributed by atoms with Crippen LogP contribution in [0.1, 0.15) is 38.3 Å². The molecule has 0 aliphatic rings. The lowest BCUT2D eigenvalue weighted by atomic mass is 10.1. The molecule has 126 valence electrons. The average Bonchev–Trinajstić information content (AvgIpc) is 2.43. The highest BCUT2D eigenvalue weighted by Crippen LogP contribution is 2.13. The summed E-state index contributed by atoms with van der Waals surface area (Å²) in [5.41, 5.74) is 9.23. The zero-order valence-corrected chi connectivity index (χ0v) is 14.5. The van der Waals surface area contributed by atoms with Crippen molar-refractivity contribution in [3.05, 3.63) is 54.2 Å². The second-order valence-electron chi connectivity index (χ2n) is 6.33. The van der Waals surface area contributed by atoms with Crippen LogP contribution in [0.15, 0.2) is 43.1 Å². The Labute approximate surface area is 138 Å². The third-order valence-corrected chi connectivity index (χ3v) is 2.96. The minimum absolute atomic E-state index is 0.428. The maximum absolute atomic E-state index is 11.5. The lowest BCUT2D eigenvalue weighted by Gasteiger charge is -2.20. The summed E-state index contributed by atoms with van der Waals surface area (Å²) in [7, 11) is 0. The molecule has 0 saturated carbocycles. The Bertz CT molecular complexity index is 574. The van der Waals surface area contributed by atoms with Crippen LogP contribution in [0.4, 0.5) is 4.79 Å². The van der Waals surface area contributed by atoms with Crippen molar-refractivity contribution in [2.45, 2.75) is 39.7 Å². The molecule has 0 saturated heterocycles. The standard InChI is InChI=1S/C18H27N3O2/c1-13-9-7-8-10-16(13)15(3)21-20-14(2)11-12-19-17(22)23-18(4,5)6/h7-10,20-21H,2-3,11-12H2,1,4-6H3,(H,19,22). The number of nitrogens with one attached hydrogen (secondary N) is 3. The fourth-order valence-electron chi connectivity index (χ4n) is 1.83. The molecule has 0 heterocycles. The first-order valence-corrected chi connectivity index (χ1v) is 7.60. The first-order valence-electron chi connectivity index (χ1n) is 7.60. The number of alkyl carbamates (subject to hydrolysis) is 1. The van der Waals surface area contributed by atoms with E-state index >= 15 is 0 Å². The van der Waals surface area contributed by atoms with Gasteiger partial charge >= 0.3 is 6.09 Å². The van der Waals surface area contributed by atoms with E-state index in [9.17, 15) is 4.79 Å². The van der Waals surface area contributed by atoms with Gasteiger partial charge in [-0.15, -0.1) is 0 Å². The maximum Gasteiger partial charge on any atom is 0.407 e. The van der Waals surface area contributed by atoms with E-state index in [1.807, 2.05) is 52.0 Å². The van der Waals surface area contributed by atoms with E-state index in [0.29, 0.717) is 13.0 Å². The van der Waals surface area contributed by atoms with E-state index in [-0.39, 0.29) is 0 Å². The largest absolute Gasteiger partial charge is 0.444 e. The molecule has 1 aromatic carbocycles. The zero-order valence-electron chi connectivity index (χ0n) is 14.5. The van der Waals surface area contributed by atoms with Crippen LogP contribution in [0, 0.1) is 6.92 Å². The van der Waals surface area contributed by atoms with Gasteiger partial charge in [0.25, 0.3) is 0 Å². The van der Waals surface area contributed by atoms with Crippen molar-refractivity contribution < 1.29 is 9.53 Å². The second kappa shape index (κ2) is 8.27. The Morgan fingerprint density at radius 1 is 1.17 bits per heavy atom. The van der Waals surface area contributed by atoms with Gasteiger partial charge in [0.15, 0.2) is 0 Å². The quantitative estimate of drug-likeness (QED) is 0.674. The van der Waals surface area contributed by atoms with E-state index in [2.05, 4.69) is 29.3 Å². The van der Waals surface area contributed by atoms with Crippen LogP contribution in [-0.4, -0.2) is 18.2 Å². The van der Waals surface area contributed by atoms with Crippen LogP contribution in [0.25, 0.3) is 5.70 Å². The fourth-order valence-corrected chi connectivity index (χ4v) is 1.83. The number of carbonyl (C=O) groups excluding carboxylic acids is 1. The maximum atomic E-state index is 11.5. The van der Waals surface area contributed by atoms with Gasteiger partial charge in [-0.25, -0.2) is 4.79 Å². The number of hydrazine groups is 1. The highest BCUT2D eigenvalue weighted by molar-refractivity contribution is 5.67. The van der Waals surface area contributed by atoms with Gasteiger partial charge in [-0.1, -0.05) is 37.4 Å². The molecule has 0 bridgehead atoms. The summed E-state index contributed by atoms with van der Waals surface area (Å²) in [6, 6.07) is 7.98. The van der Waals surface area contributed by atoms with Gasteiger partial charge in [0.2, 0.25) is 0 Å². The van der Waals surface area contributed by atoms with E-state index in [1.54, 1.807) is 0 Å². The normalized spacial score (nSPS) is 10.6. The lowest BCUT2D eigenvalue weighted by Crippen LogP contribution is -2.35. The van der Waals surface area contributed by atoms with Gasteiger partial charge in [0.05, 0.1) is 5.70 Å². The van der Waals surface area contributed by atoms with E-state index in [4.69, 9.17) is 4.74 Å². The van der Waals surface area contributed by atoms with Gasteiger partial charge in [0.1, 0.15) is 5.60 Å². The van der Waals surface area contributed by atoms with Crippen molar-refractivity contribution in [2.75, 3.05) is 6.54 Å². The molecule has 5 nitrogen and oxygen atoms in total. The summed E-state index contributed by atoms with van der Waals surface area (Å²) in [6.45, 7) is 15.9. The number of ether oxygens (including phenoxy) is 1. The molecule has 0 aliphatic heterocycles. The van der Waals surface area contributed by atoms with E-state index < -0.39 is 11.7 Å². The van der Waals surface area contributed by atoms with Crippen molar-refractivity contribution in [2.24, 2.45) is 0 Å². The van der Waals surface area contributed by atoms with Crippen molar-refractivity contribution in [3.8, 4) is 0 Å². The Morgan fingerprint density at radius 2 is 1.83 bits per heavy atom. The molecule has 5 heteroatoms. The third-order valence-electron chi connectivity index (χ3n) is 2.96. The Kier molecular flexibility index (Phi) is 6.69. The molecule has 0 atom stereocenters. The van der Waals surface area contributed by atoms with Crippen molar-refractivity contribution in [1.82, 2.24) is 16.2 Å². The molecule has 1 rings (SSSR count). The van der Waals surface area contributed by atoms with Gasteiger partial charge < -0.3 is 20.9 Å². The van der Waals surface area contributed by atoms with Crippen LogP contribution in [0.3, 0.4) is 0 Å². The topological polar surface area (TPSA) is 62.4 Å². The first kappa shape index (κ1) is 18.6. The Hall–Kier alpha value is -2.43. The van der Waals surface area contributed by atoms with Crippen molar-refractivity contribution in [3.63, 3.8) is 0 Å². The highest BCUT2D eigenvalue weighted by Gasteiger charge is 2.15. The molecule has 0 spiro atoms. The molecular formula is C18H27N3O2. The summed E-state index contributed by atoms with van der Waals surface area (Å²) >= 11 is 0. The summed E-state index contributed by atoms with van der Waals surface area (Å²) in [5, 5.41) is 2.69.